The van der Waals surface area contributed by atoms with Crippen molar-refractivity contribution in [3.05, 3.63) is 83.6 Å². The van der Waals surface area contributed by atoms with Gasteiger partial charge < -0.3 is 24.8 Å². The molecule has 3 aromatic rings. The van der Waals surface area contributed by atoms with Gasteiger partial charge in [-0.25, -0.2) is 0 Å². The van der Waals surface area contributed by atoms with Crippen LogP contribution in [0.4, 0.5) is 5.69 Å². The molecule has 0 bridgehead atoms. The maximum atomic E-state index is 13.2. The van der Waals surface area contributed by atoms with Gasteiger partial charge in [-0.05, 0) is 60.4 Å². The first kappa shape index (κ1) is 24.7. The summed E-state index contributed by atoms with van der Waals surface area (Å²) in [6, 6.07) is 19.5. The second-order valence-corrected chi connectivity index (χ2v) is 7.90. The number of nitrogens with one attached hydrogen (secondary N) is 2. The van der Waals surface area contributed by atoms with Crippen LogP contribution in [0.1, 0.15) is 15.9 Å². The number of hydrogen-bond donors (Lipinski definition) is 2. The van der Waals surface area contributed by atoms with Crippen LogP contribution in [0.25, 0.3) is 6.08 Å². The van der Waals surface area contributed by atoms with Crippen molar-refractivity contribution in [3.63, 3.8) is 0 Å². The molecule has 0 unspecified atom stereocenters. The molecule has 3 aromatic carbocycles. The molecule has 0 fully saturated rings. The Kier molecular flexibility index (Phi) is 8.59. The molecule has 0 aliphatic rings. The van der Waals surface area contributed by atoms with Crippen molar-refractivity contribution in [2.24, 2.45) is 0 Å². The Labute approximate surface area is 203 Å². The largest absolute Gasteiger partial charge is 0.493 e. The standard InChI is InChI=1S/C26H26N2O5S/c1-31-22-14-17(15-23(32-2)24(22)33-3)13-21(28-25(29)18-9-6-5-7-10-18)26(30)27-19-11-8-12-20(16-19)34-4/h5-16H,1-4H3,(H,27,30)(H,28,29)/b21-13+. The van der Waals surface area contributed by atoms with Crippen LogP contribution >= 0.6 is 11.8 Å². The third-order valence-corrected chi connectivity index (χ3v) is 5.58. The van der Waals surface area contributed by atoms with E-state index in [1.54, 1.807) is 60.3 Å². The van der Waals surface area contributed by atoms with Crippen LogP contribution in [0, 0.1) is 0 Å². The van der Waals surface area contributed by atoms with Gasteiger partial charge in [0.25, 0.3) is 11.8 Å². The number of benzene rings is 3. The summed E-state index contributed by atoms with van der Waals surface area (Å²) in [4.78, 5) is 27.1. The Morgan fingerprint density at radius 1 is 0.853 bits per heavy atom. The normalized spacial score (nSPS) is 10.9. The van der Waals surface area contributed by atoms with E-state index in [0.717, 1.165) is 4.90 Å². The third-order valence-electron chi connectivity index (χ3n) is 4.85. The highest BCUT2D eigenvalue weighted by molar-refractivity contribution is 7.98. The van der Waals surface area contributed by atoms with Gasteiger partial charge in [0.2, 0.25) is 5.75 Å². The van der Waals surface area contributed by atoms with Crippen molar-refractivity contribution in [1.29, 1.82) is 0 Å². The van der Waals surface area contributed by atoms with Crippen LogP contribution in [-0.2, 0) is 4.79 Å². The molecule has 176 valence electrons. The van der Waals surface area contributed by atoms with Gasteiger partial charge in [0.05, 0.1) is 21.3 Å². The summed E-state index contributed by atoms with van der Waals surface area (Å²) < 4.78 is 16.2. The first-order valence-corrected chi connectivity index (χ1v) is 11.5. The molecule has 2 amide bonds. The zero-order valence-corrected chi connectivity index (χ0v) is 20.2. The zero-order valence-electron chi connectivity index (χ0n) is 19.4. The van der Waals surface area contributed by atoms with Gasteiger partial charge in [0.1, 0.15) is 5.70 Å². The van der Waals surface area contributed by atoms with E-state index in [1.807, 2.05) is 30.5 Å². The number of methoxy groups -OCH3 is 3. The molecule has 0 heterocycles. The molecule has 8 heteroatoms. The van der Waals surface area contributed by atoms with Gasteiger partial charge in [-0.3, -0.25) is 9.59 Å². The van der Waals surface area contributed by atoms with E-state index >= 15 is 0 Å². The van der Waals surface area contributed by atoms with Crippen LogP contribution in [-0.4, -0.2) is 39.4 Å². The van der Waals surface area contributed by atoms with Gasteiger partial charge in [0.15, 0.2) is 11.5 Å². The highest BCUT2D eigenvalue weighted by Gasteiger charge is 2.17. The summed E-state index contributed by atoms with van der Waals surface area (Å²) in [5.74, 6) is 0.392. The fourth-order valence-corrected chi connectivity index (χ4v) is 3.65. The number of hydrogen-bond acceptors (Lipinski definition) is 6. The van der Waals surface area contributed by atoms with Crippen LogP contribution in [0.2, 0.25) is 0 Å². The third kappa shape index (κ3) is 6.11. The van der Waals surface area contributed by atoms with Gasteiger partial charge in [-0.2, -0.15) is 0 Å². The van der Waals surface area contributed by atoms with E-state index in [4.69, 9.17) is 14.2 Å². The quantitative estimate of drug-likeness (QED) is 0.338. The number of carbonyl (C=O) groups is 2. The second-order valence-electron chi connectivity index (χ2n) is 7.02. The fourth-order valence-electron chi connectivity index (χ4n) is 3.19. The molecule has 7 nitrogen and oxygen atoms in total. The summed E-state index contributed by atoms with van der Waals surface area (Å²) in [5, 5.41) is 5.58. The number of rotatable bonds is 9. The molecule has 34 heavy (non-hydrogen) atoms. The molecule has 3 rings (SSSR count). The van der Waals surface area contributed by atoms with Crippen molar-refractivity contribution in [1.82, 2.24) is 5.32 Å². The lowest BCUT2D eigenvalue weighted by atomic mass is 10.1. The van der Waals surface area contributed by atoms with Crippen molar-refractivity contribution in [3.8, 4) is 17.2 Å². The average Bonchev–Trinajstić information content (AvgIpc) is 2.88. The number of thioether (sulfide) groups is 1. The zero-order chi connectivity index (χ0) is 24.5. The molecule has 2 N–H and O–H groups in total. The Bertz CT molecular complexity index is 1170. The fraction of sp³-hybridized carbons (Fsp3) is 0.154. The molecule has 0 aliphatic carbocycles. The maximum absolute atomic E-state index is 13.2. The van der Waals surface area contributed by atoms with Gasteiger partial charge in [-0.1, -0.05) is 24.3 Å². The topological polar surface area (TPSA) is 85.9 Å². The van der Waals surface area contributed by atoms with E-state index in [2.05, 4.69) is 10.6 Å². The number of anilines is 1. The lowest BCUT2D eigenvalue weighted by molar-refractivity contribution is -0.113. The highest BCUT2D eigenvalue weighted by Crippen LogP contribution is 2.38. The summed E-state index contributed by atoms with van der Waals surface area (Å²) >= 11 is 1.57. The molecular formula is C26H26N2O5S. The Balaban J connectivity index is 2.00. The van der Waals surface area contributed by atoms with Crippen LogP contribution < -0.4 is 24.8 Å². The summed E-state index contributed by atoms with van der Waals surface area (Å²) in [7, 11) is 4.53. The van der Waals surface area contributed by atoms with Crippen LogP contribution in [0.3, 0.4) is 0 Å². The maximum Gasteiger partial charge on any atom is 0.272 e. The summed E-state index contributed by atoms with van der Waals surface area (Å²) in [6.07, 6.45) is 3.51. The molecule has 0 saturated carbocycles. The lowest BCUT2D eigenvalue weighted by Crippen LogP contribution is -2.30. The molecule has 0 aromatic heterocycles. The minimum absolute atomic E-state index is 0.0534. The molecule has 0 spiro atoms. The van der Waals surface area contributed by atoms with E-state index in [0.29, 0.717) is 34.1 Å². The molecule has 0 radical (unpaired) electrons. The van der Waals surface area contributed by atoms with Crippen LogP contribution in [0.15, 0.2) is 77.3 Å². The second kappa shape index (κ2) is 11.8. The average molecular weight is 479 g/mol. The first-order chi connectivity index (χ1) is 16.5. The predicted molar refractivity (Wildman–Crippen MR) is 135 cm³/mol. The first-order valence-electron chi connectivity index (χ1n) is 10.3. The SMILES string of the molecule is COc1cc(/C=C(/NC(=O)c2ccccc2)C(=O)Nc2cccc(SC)c2)cc(OC)c1OC. The van der Waals surface area contributed by atoms with Crippen molar-refractivity contribution in [2.45, 2.75) is 4.90 Å². The van der Waals surface area contributed by atoms with Crippen molar-refractivity contribution < 1.29 is 23.8 Å². The van der Waals surface area contributed by atoms with Gasteiger partial charge >= 0.3 is 0 Å². The molecule has 0 saturated heterocycles. The van der Waals surface area contributed by atoms with Gasteiger partial charge in [0, 0.05) is 16.1 Å². The summed E-state index contributed by atoms with van der Waals surface area (Å²) in [6.45, 7) is 0. The highest BCUT2D eigenvalue weighted by atomic mass is 32.2. The Morgan fingerprint density at radius 3 is 2.12 bits per heavy atom. The van der Waals surface area contributed by atoms with Gasteiger partial charge in [-0.15, -0.1) is 11.8 Å². The predicted octanol–water partition coefficient (Wildman–Crippen LogP) is 4.84. The van der Waals surface area contributed by atoms with E-state index in [1.165, 1.54) is 21.3 Å². The Hall–Kier alpha value is -3.91. The number of carbonyl (C=O) groups excluding carboxylic acids is 2. The number of ether oxygens (including phenoxy) is 3. The molecular weight excluding hydrogens is 452 g/mol. The minimum atomic E-state index is -0.476. The summed E-state index contributed by atoms with van der Waals surface area (Å²) in [5.41, 5.74) is 1.67. The lowest BCUT2D eigenvalue weighted by Gasteiger charge is -2.15. The van der Waals surface area contributed by atoms with Crippen LogP contribution in [0.5, 0.6) is 17.2 Å². The number of amides is 2. The Morgan fingerprint density at radius 2 is 1.53 bits per heavy atom. The van der Waals surface area contributed by atoms with E-state index < -0.39 is 11.8 Å². The smallest absolute Gasteiger partial charge is 0.272 e. The monoisotopic (exact) mass is 478 g/mol. The molecule has 0 atom stereocenters. The molecule has 0 aliphatic heterocycles. The van der Waals surface area contributed by atoms with E-state index in [9.17, 15) is 9.59 Å². The minimum Gasteiger partial charge on any atom is -0.493 e. The van der Waals surface area contributed by atoms with Crippen molar-refractivity contribution >= 4 is 35.3 Å². The van der Waals surface area contributed by atoms with E-state index in [-0.39, 0.29) is 5.70 Å². The van der Waals surface area contributed by atoms with Crippen molar-refractivity contribution in [2.75, 3.05) is 32.9 Å².